The van der Waals surface area contributed by atoms with E-state index in [0.29, 0.717) is 17.9 Å². The molecule has 1 atom stereocenters. The molecule has 0 aromatic heterocycles. The SMILES string of the molecule is COc1c(Cl)cc(C(=O)NCC(C)(O)CN(C)C)cc1Cl. The van der Waals surface area contributed by atoms with Gasteiger partial charge in [-0.2, -0.15) is 0 Å². The number of hydrogen-bond acceptors (Lipinski definition) is 4. The van der Waals surface area contributed by atoms with Crippen molar-refractivity contribution in [3.05, 3.63) is 27.7 Å². The molecule has 0 aliphatic rings. The monoisotopic (exact) mass is 334 g/mol. The first-order valence-corrected chi connectivity index (χ1v) is 7.10. The molecule has 1 aromatic carbocycles. The normalized spacial score (nSPS) is 13.9. The maximum Gasteiger partial charge on any atom is 0.251 e. The van der Waals surface area contributed by atoms with E-state index >= 15 is 0 Å². The molecule has 0 fully saturated rings. The summed E-state index contributed by atoms with van der Waals surface area (Å²) in [6.45, 7) is 2.20. The summed E-state index contributed by atoms with van der Waals surface area (Å²) >= 11 is 12.0. The number of ether oxygens (including phenoxy) is 1. The standard InChI is InChI=1S/C14H20Cl2N2O3/c1-14(20,8-18(2)3)7-17-13(19)9-5-10(15)12(21-4)11(16)6-9/h5-6,20H,7-8H2,1-4H3,(H,17,19). The summed E-state index contributed by atoms with van der Waals surface area (Å²) in [6, 6.07) is 2.95. The Labute approximate surface area is 134 Å². The van der Waals surface area contributed by atoms with Crippen molar-refractivity contribution in [1.82, 2.24) is 10.2 Å². The number of amides is 1. The van der Waals surface area contributed by atoms with Crippen LogP contribution in [-0.2, 0) is 0 Å². The predicted molar refractivity (Wildman–Crippen MR) is 84.5 cm³/mol. The van der Waals surface area contributed by atoms with E-state index in [1.54, 1.807) is 6.92 Å². The highest BCUT2D eigenvalue weighted by Gasteiger charge is 2.23. The summed E-state index contributed by atoms with van der Waals surface area (Å²) in [7, 11) is 5.14. The zero-order valence-corrected chi connectivity index (χ0v) is 14.0. The van der Waals surface area contributed by atoms with E-state index in [2.05, 4.69) is 5.32 Å². The van der Waals surface area contributed by atoms with Crippen molar-refractivity contribution >= 4 is 29.1 Å². The number of nitrogens with one attached hydrogen (secondary N) is 1. The minimum Gasteiger partial charge on any atom is -0.494 e. The molecular weight excluding hydrogens is 315 g/mol. The summed E-state index contributed by atoms with van der Waals surface area (Å²) in [6.07, 6.45) is 0. The molecule has 1 rings (SSSR count). The van der Waals surface area contributed by atoms with Gasteiger partial charge in [0.05, 0.1) is 22.8 Å². The molecule has 0 heterocycles. The van der Waals surface area contributed by atoms with E-state index in [-0.39, 0.29) is 22.5 Å². The van der Waals surface area contributed by atoms with Crippen LogP contribution >= 0.6 is 23.2 Å². The molecular formula is C14H20Cl2N2O3. The van der Waals surface area contributed by atoms with Gasteiger partial charge in [0.25, 0.3) is 5.91 Å². The minimum atomic E-state index is -1.03. The number of halogens is 2. The van der Waals surface area contributed by atoms with Crippen LogP contribution in [-0.4, -0.2) is 55.8 Å². The van der Waals surface area contributed by atoms with Crippen molar-refractivity contribution in [1.29, 1.82) is 0 Å². The first-order valence-electron chi connectivity index (χ1n) is 6.34. The van der Waals surface area contributed by atoms with E-state index in [1.807, 2.05) is 19.0 Å². The number of benzene rings is 1. The van der Waals surface area contributed by atoms with Gasteiger partial charge in [-0.25, -0.2) is 0 Å². The Kier molecular flexibility index (Phi) is 6.28. The largest absolute Gasteiger partial charge is 0.494 e. The van der Waals surface area contributed by atoms with Gasteiger partial charge in [0, 0.05) is 18.7 Å². The molecule has 7 heteroatoms. The number of rotatable bonds is 6. The van der Waals surface area contributed by atoms with Crippen molar-refractivity contribution in [3.63, 3.8) is 0 Å². The molecule has 0 saturated heterocycles. The highest BCUT2D eigenvalue weighted by molar-refractivity contribution is 6.37. The molecule has 0 spiro atoms. The van der Waals surface area contributed by atoms with Crippen LogP contribution in [0.2, 0.25) is 10.0 Å². The van der Waals surface area contributed by atoms with Crippen molar-refractivity contribution in [2.75, 3.05) is 34.3 Å². The quantitative estimate of drug-likeness (QED) is 0.835. The van der Waals surface area contributed by atoms with Crippen LogP contribution in [0.25, 0.3) is 0 Å². The third-order valence-corrected chi connectivity index (χ3v) is 3.31. The van der Waals surface area contributed by atoms with Gasteiger partial charge < -0.3 is 20.1 Å². The Morgan fingerprint density at radius 1 is 1.38 bits per heavy atom. The summed E-state index contributed by atoms with van der Waals surface area (Å²) in [5.74, 6) is -0.0324. The molecule has 0 aliphatic carbocycles. The Morgan fingerprint density at radius 2 is 1.90 bits per heavy atom. The average Bonchev–Trinajstić information content (AvgIpc) is 2.34. The second-order valence-electron chi connectivity index (χ2n) is 5.39. The first kappa shape index (κ1) is 18.0. The van der Waals surface area contributed by atoms with E-state index < -0.39 is 5.60 Å². The van der Waals surface area contributed by atoms with Gasteiger partial charge in [0.2, 0.25) is 0 Å². The Bertz CT molecular complexity index is 496. The average molecular weight is 335 g/mol. The summed E-state index contributed by atoms with van der Waals surface area (Å²) in [5, 5.41) is 13.3. The number of likely N-dealkylation sites (N-methyl/N-ethyl adjacent to an activating group) is 1. The lowest BCUT2D eigenvalue weighted by atomic mass is 10.1. The number of hydrogen-bond donors (Lipinski definition) is 2. The third-order valence-electron chi connectivity index (χ3n) is 2.75. The zero-order chi connectivity index (χ0) is 16.2. The maximum atomic E-state index is 12.1. The number of carbonyl (C=O) groups is 1. The van der Waals surface area contributed by atoms with Crippen molar-refractivity contribution in [3.8, 4) is 5.75 Å². The van der Waals surface area contributed by atoms with Gasteiger partial charge in [-0.1, -0.05) is 23.2 Å². The molecule has 0 bridgehead atoms. The predicted octanol–water partition coefficient (Wildman–Crippen LogP) is 2.04. The van der Waals surface area contributed by atoms with Gasteiger partial charge in [0.1, 0.15) is 0 Å². The van der Waals surface area contributed by atoms with Gasteiger partial charge in [-0.05, 0) is 33.2 Å². The van der Waals surface area contributed by atoms with Gasteiger partial charge in [-0.3, -0.25) is 4.79 Å². The van der Waals surface area contributed by atoms with Crippen LogP contribution in [0.3, 0.4) is 0 Å². The number of carbonyl (C=O) groups excluding carboxylic acids is 1. The van der Waals surface area contributed by atoms with E-state index in [9.17, 15) is 9.90 Å². The van der Waals surface area contributed by atoms with Crippen molar-refractivity contribution < 1.29 is 14.6 Å². The lowest BCUT2D eigenvalue weighted by Crippen LogP contribution is -2.47. The molecule has 1 amide bonds. The van der Waals surface area contributed by atoms with Crippen LogP contribution in [0.5, 0.6) is 5.75 Å². The molecule has 2 N–H and O–H groups in total. The van der Waals surface area contributed by atoms with Gasteiger partial charge in [-0.15, -0.1) is 0 Å². The van der Waals surface area contributed by atoms with Crippen LogP contribution in [0.4, 0.5) is 0 Å². The molecule has 1 unspecified atom stereocenters. The molecule has 21 heavy (non-hydrogen) atoms. The lowest BCUT2D eigenvalue weighted by Gasteiger charge is -2.27. The first-order chi connectivity index (χ1) is 9.66. The second kappa shape index (κ2) is 7.31. The van der Waals surface area contributed by atoms with Gasteiger partial charge in [0.15, 0.2) is 5.75 Å². The fourth-order valence-electron chi connectivity index (χ4n) is 2.00. The Hall–Kier alpha value is -1.01. The Morgan fingerprint density at radius 3 is 2.33 bits per heavy atom. The molecule has 118 valence electrons. The van der Waals surface area contributed by atoms with E-state index in [1.165, 1.54) is 19.2 Å². The van der Waals surface area contributed by atoms with E-state index in [0.717, 1.165) is 0 Å². The molecule has 5 nitrogen and oxygen atoms in total. The van der Waals surface area contributed by atoms with Crippen LogP contribution in [0.15, 0.2) is 12.1 Å². The maximum absolute atomic E-state index is 12.1. The zero-order valence-electron chi connectivity index (χ0n) is 12.5. The lowest BCUT2D eigenvalue weighted by molar-refractivity contribution is 0.0326. The smallest absolute Gasteiger partial charge is 0.251 e. The second-order valence-corrected chi connectivity index (χ2v) is 6.20. The molecule has 0 aliphatic heterocycles. The Balaban J connectivity index is 2.77. The summed E-state index contributed by atoms with van der Waals surface area (Å²) in [5.41, 5.74) is -0.717. The summed E-state index contributed by atoms with van der Waals surface area (Å²) < 4.78 is 5.03. The molecule has 0 radical (unpaired) electrons. The number of methoxy groups -OCH3 is 1. The van der Waals surface area contributed by atoms with Crippen LogP contribution in [0.1, 0.15) is 17.3 Å². The van der Waals surface area contributed by atoms with Gasteiger partial charge >= 0.3 is 0 Å². The highest BCUT2D eigenvalue weighted by Crippen LogP contribution is 2.33. The summed E-state index contributed by atoms with van der Waals surface area (Å²) in [4.78, 5) is 13.9. The van der Waals surface area contributed by atoms with Crippen molar-refractivity contribution in [2.45, 2.75) is 12.5 Å². The number of nitrogens with zero attached hydrogens (tertiary/aromatic N) is 1. The van der Waals surface area contributed by atoms with Crippen LogP contribution < -0.4 is 10.1 Å². The third kappa shape index (κ3) is 5.36. The molecule has 1 aromatic rings. The van der Waals surface area contributed by atoms with E-state index in [4.69, 9.17) is 27.9 Å². The topological polar surface area (TPSA) is 61.8 Å². The fourth-order valence-corrected chi connectivity index (χ4v) is 2.64. The molecule has 0 saturated carbocycles. The number of aliphatic hydroxyl groups is 1. The van der Waals surface area contributed by atoms with Crippen molar-refractivity contribution in [2.24, 2.45) is 0 Å². The highest BCUT2D eigenvalue weighted by atomic mass is 35.5. The minimum absolute atomic E-state index is 0.116. The fraction of sp³-hybridized carbons (Fsp3) is 0.500. The van der Waals surface area contributed by atoms with Crippen LogP contribution in [0, 0.1) is 0 Å².